The minimum atomic E-state index is -0.0394. The molecule has 0 saturated heterocycles. The third-order valence-corrected chi connectivity index (χ3v) is 5.25. The molecule has 1 aliphatic carbocycles. The lowest BCUT2D eigenvalue weighted by Gasteiger charge is -2.25. The number of thioether (sulfide) groups is 1. The van der Waals surface area contributed by atoms with Gasteiger partial charge in [0, 0.05) is 21.9 Å². The Labute approximate surface area is 126 Å². The van der Waals surface area contributed by atoms with E-state index in [9.17, 15) is 0 Å². The molecule has 1 unspecified atom stereocenters. The molecule has 2 aliphatic rings. The van der Waals surface area contributed by atoms with Crippen LogP contribution in [-0.4, -0.2) is 15.7 Å². The van der Waals surface area contributed by atoms with Gasteiger partial charge in [-0.15, -0.1) is 11.8 Å². The van der Waals surface area contributed by atoms with E-state index < -0.39 is 0 Å². The van der Waals surface area contributed by atoms with Gasteiger partial charge in [-0.05, 0) is 31.4 Å². The topological polar surface area (TPSA) is 37.9 Å². The number of nitrogens with zero attached hydrogens (tertiary/aromatic N) is 1. The van der Waals surface area contributed by atoms with Crippen molar-refractivity contribution in [2.24, 2.45) is 0 Å². The molecule has 102 valence electrons. The summed E-state index contributed by atoms with van der Waals surface area (Å²) in [6, 6.07) is 8.14. The third kappa shape index (κ3) is 2.05. The number of rotatable bonds is 1. The highest BCUT2D eigenvalue weighted by molar-refractivity contribution is 7.99. The molecule has 0 spiro atoms. The van der Waals surface area contributed by atoms with E-state index in [1.165, 1.54) is 22.6 Å². The van der Waals surface area contributed by atoms with Gasteiger partial charge in [0.05, 0.1) is 0 Å². The van der Waals surface area contributed by atoms with Crippen LogP contribution in [-0.2, 0) is 12.8 Å². The maximum absolute atomic E-state index is 6.07. The van der Waals surface area contributed by atoms with Gasteiger partial charge in [0.15, 0.2) is 6.10 Å². The van der Waals surface area contributed by atoms with Crippen molar-refractivity contribution < 1.29 is 4.74 Å². The molecular formula is C15H14N2OS2. The molecule has 0 radical (unpaired) electrons. The average Bonchev–Trinajstić information content (AvgIpc) is 2.96. The molecule has 4 rings (SSSR count). The number of benzene rings is 1. The molecule has 1 N–H and O–H groups in total. The van der Waals surface area contributed by atoms with E-state index in [-0.39, 0.29) is 6.10 Å². The highest BCUT2D eigenvalue weighted by Gasteiger charge is 2.25. The van der Waals surface area contributed by atoms with Crippen LogP contribution in [0.3, 0.4) is 0 Å². The van der Waals surface area contributed by atoms with Crippen molar-refractivity contribution in [3.8, 4) is 5.75 Å². The lowest BCUT2D eigenvalue weighted by molar-refractivity contribution is 0.210. The summed E-state index contributed by atoms with van der Waals surface area (Å²) >= 11 is 7.23. The van der Waals surface area contributed by atoms with Crippen LogP contribution in [0, 0.1) is 4.64 Å². The Kier molecular flexibility index (Phi) is 3.04. The Morgan fingerprint density at radius 1 is 1.30 bits per heavy atom. The molecule has 3 nitrogen and oxygen atoms in total. The van der Waals surface area contributed by atoms with Crippen LogP contribution in [0.15, 0.2) is 29.2 Å². The van der Waals surface area contributed by atoms with Crippen molar-refractivity contribution in [2.75, 3.05) is 5.75 Å². The third-order valence-electron chi connectivity index (χ3n) is 3.79. The van der Waals surface area contributed by atoms with Gasteiger partial charge in [-0.25, -0.2) is 4.98 Å². The van der Waals surface area contributed by atoms with Gasteiger partial charge < -0.3 is 9.72 Å². The van der Waals surface area contributed by atoms with E-state index in [2.05, 4.69) is 16.0 Å². The summed E-state index contributed by atoms with van der Waals surface area (Å²) in [5, 5.41) is 0. The highest BCUT2D eigenvalue weighted by atomic mass is 32.2. The predicted molar refractivity (Wildman–Crippen MR) is 82.0 cm³/mol. The number of H-pyrrole nitrogens is 1. The van der Waals surface area contributed by atoms with E-state index in [4.69, 9.17) is 17.0 Å². The second kappa shape index (κ2) is 4.90. The molecule has 20 heavy (non-hydrogen) atoms. The Morgan fingerprint density at radius 2 is 2.20 bits per heavy atom. The van der Waals surface area contributed by atoms with Crippen molar-refractivity contribution in [3.05, 3.63) is 46.0 Å². The van der Waals surface area contributed by atoms with Crippen LogP contribution >= 0.6 is 24.0 Å². The van der Waals surface area contributed by atoms with Gasteiger partial charge in [-0.2, -0.15) is 0 Å². The molecule has 1 atom stereocenters. The maximum atomic E-state index is 6.07. The largest absolute Gasteiger partial charge is 0.480 e. The Bertz CT molecular complexity index is 726. The van der Waals surface area contributed by atoms with Gasteiger partial charge >= 0.3 is 0 Å². The van der Waals surface area contributed by atoms with Gasteiger partial charge in [-0.1, -0.05) is 24.4 Å². The van der Waals surface area contributed by atoms with Crippen LogP contribution in [0.1, 0.15) is 29.6 Å². The number of para-hydroxylation sites is 1. The summed E-state index contributed by atoms with van der Waals surface area (Å²) in [5.74, 6) is 2.68. The number of aromatic nitrogens is 2. The molecule has 1 aromatic heterocycles. The molecule has 0 fully saturated rings. The highest BCUT2D eigenvalue weighted by Crippen LogP contribution is 2.39. The predicted octanol–water partition coefficient (Wildman–Crippen LogP) is 3.85. The number of nitrogens with one attached hydrogen (secondary N) is 1. The van der Waals surface area contributed by atoms with Crippen LogP contribution in [0.2, 0.25) is 0 Å². The minimum Gasteiger partial charge on any atom is -0.480 e. The molecule has 2 heterocycles. The maximum Gasteiger partial charge on any atom is 0.165 e. The first-order valence-corrected chi connectivity index (χ1v) is 8.21. The number of fused-ring (bicyclic) bond motifs is 2. The standard InChI is InChI=1S/C15H14N2OS2/c19-15-9-4-3-5-10(9)16-14(17-15)12-8-20-13-7-2-1-6-11(13)18-12/h1-2,6-7,12H,3-5,8H2,(H,16,17,19). The van der Waals surface area contributed by atoms with Gasteiger partial charge in [-0.3, -0.25) is 0 Å². The zero-order valence-corrected chi connectivity index (χ0v) is 12.5. The Morgan fingerprint density at radius 3 is 3.15 bits per heavy atom. The second-order valence-corrected chi connectivity index (χ2v) is 6.55. The lowest BCUT2D eigenvalue weighted by atomic mass is 10.2. The zero-order valence-electron chi connectivity index (χ0n) is 10.9. The van der Waals surface area contributed by atoms with Crippen molar-refractivity contribution >= 4 is 24.0 Å². The van der Waals surface area contributed by atoms with Gasteiger partial charge in [0.2, 0.25) is 0 Å². The number of ether oxygens (including phenoxy) is 1. The summed E-state index contributed by atoms with van der Waals surface area (Å²) in [6.07, 6.45) is 3.26. The number of aromatic amines is 1. The summed E-state index contributed by atoms with van der Waals surface area (Å²) in [7, 11) is 0. The molecule has 1 aliphatic heterocycles. The van der Waals surface area contributed by atoms with E-state index in [1.54, 1.807) is 0 Å². The first kappa shape index (κ1) is 12.4. The normalized spacial score (nSPS) is 20.1. The van der Waals surface area contributed by atoms with E-state index in [0.29, 0.717) is 0 Å². The molecule has 0 saturated carbocycles. The molecule has 0 bridgehead atoms. The summed E-state index contributed by atoms with van der Waals surface area (Å²) in [6.45, 7) is 0. The van der Waals surface area contributed by atoms with Crippen LogP contribution in [0.4, 0.5) is 0 Å². The van der Waals surface area contributed by atoms with Crippen molar-refractivity contribution in [2.45, 2.75) is 30.3 Å². The fraction of sp³-hybridized carbons (Fsp3) is 0.333. The molecular weight excluding hydrogens is 288 g/mol. The Hall–Kier alpha value is -1.33. The first-order chi connectivity index (χ1) is 9.81. The number of hydrogen-bond donors (Lipinski definition) is 1. The summed E-state index contributed by atoms with van der Waals surface area (Å²) in [4.78, 5) is 9.21. The Balaban J connectivity index is 1.70. The quantitative estimate of drug-likeness (QED) is 0.812. The monoisotopic (exact) mass is 302 g/mol. The second-order valence-electron chi connectivity index (χ2n) is 5.10. The summed E-state index contributed by atoms with van der Waals surface area (Å²) in [5.41, 5.74) is 2.49. The minimum absolute atomic E-state index is 0.0394. The molecule has 2 aromatic rings. The van der Waals surface area contributed by atoms with Crippen LogP contribution in [0.5, 0.6) is 5.75 Å². The molecule has 1 aromatic carbocycles. The average molecular weight is 302 g/mol. The zero-order chi connectivity index (χ0) is 13.5. The van der Waals surface area contributed by atoms with Crippen molar-refractivity contribution in [3.63, 3.8) is 0 Å². The van der Waals surface area contributed by atoms with Gasteiger partial charge in [0.1, 0.15) is 16.2 Å². The lowest BCUT2D eigenvalue weighted by Crippen LogP contribution is -2.18. The fourth-order valence-electron chi connectivity index (χ4n) is 2.78. The van der Waals surface area contributed by atoms with E-state index >= 15 is 0 Å². The van der Waals surface area contributed by atoms with Crippen molar-refractivity contribution in [1.29, 1.82) is 0 Å². The van der Waals surface area contributed by atoms with Crippen molar-refractivity contribution in [1.82, 2.24) is 9.97 Å². The molecule has 0 amide bonds. The van der Waals surface area contributed by atoms with E-state index in [0.717, 1.165) is 34.8 Å². The number of hydrogen-bond acceptors (Lipinski definition) is 4. The number of aryl methyl sites for hydroxylation is 1. The first-order valence-electron chi connectivity index (χ1n) is 6.82. The molecule has 5 heteroatoms. The van der Waals surface area contributed by atoms with E-state index in [1.807, 2.05) is 30.0 Å². The van der Waals surface area contributed by atoms with Gasteiger partial charge in [0.25, 0.3) is 0 Å². The van der Waals surface area contributed by atoms with Crippen LogP contribution < -0.4 is 4.74 Å². The fourth-order valence-corrected chi connectivity index (χ4v) is 4.10. The van der Waals surface area contributed by atoms with Crippen LogP contribution in [0.25, 0.3) is 0 Å². The SMILES string of the molecule is S=c1nc(C2CSc3ccccc3O2)[nH]c2c1CCC2. The summed E-state index contributed by atoms with van der Waals surface area (Å²) < 4.78 is 6.82. The smallest absolute Gasteiger partial charge is 0.165 e.